The van der Waals surface area contributed by atoms with Crippen LogP contribution in [0.3, 0.4) is 0 Å². The van der Waals surface area contributed by atoms with E-state index in [1.807, 2.05) is 48.5 Å². The van der Waals surface area contributed by atoms with Crippen LogP contribution < -0.4 is 9.64 Å². The number of aromatic nitrogens is 3. The van der Waals surface area contributed by atoms with Gasteiger partial charge in [-0.15, -0.1) is 11.8 Å². The van der Waals surface area contributed by atoms with Gasteiger partial charge in [0.1, 0.15) is 37.7 Å². The number of morpholine rings is 1. The quantitative estimate of drug-likeness (QED) is 0.550. The normalized spacial score (nSPS) is 18.2. The Morgan fingerprint density at radius 1 is 1.18 bits per heavy atom. The molecule has 0 bridgehead atoms. The highest BCUT2D eigenvalue weighted by Crippen LogP contribution is 2.34. The van der Waals surface area contributed by atoms with Crippen molar-refractivity contribution in [2.24, 2.45) is 0 Å². The van der Waals surface area contributed by atoms with Gasteiger partial charge >= 0.3 is 0 Å². The summed E-state index contributed by atoms with van der Waals surface area (Å²) in [6.07, 6.45) is 2.88. The molecular formula is C23H23N5O4S. The summed E-state index contributed by atoms with van der Waals surface area (Å²) in [6.45, 7) is 1.72. The molecule has 0 saturated carbocycles. The van der Waals surface area contributed by atoms with Gasteiger partial charge in [0.25, 0.3) is 0 Å². The Morgan fingerprint density at radius 3 is 2.85 bits per heavy atom. The van der Waals surface area contributed by atoms with Crippen LogP contribution in [0.2, 0.25) is 0 Å². The molecule has 0 aliphatic carbocycles. The maximum atomic E-state index is 13.0. The molecule has 1 saturated heterocycles. The number of amides is 2. The topological polar surface area (TPSA) is 89.8 Å². The molecule has 1 unspecified atom stereocenters. The molecule has 3 heterocycles. The van der Waals surface area contributed by atoms with Gasteiger partial charge in [-0.25, -0.2) is 9.67 Å². The van der Waals surface area contributed by atoms with E-state index in [1.165, 1.54) is 18.1 Å². The van der Waals surface area contributed by atoms with Crippen LogP contribution in [0.5, 0.6) is 5.75 Å². The van der Waals surface area contributed by atoms with E-state index < -0.39 is 0 Å². The van der Waals surface area contributed by atoms with Crippen LogP contribution in [0.15, 0.2) is 66.1 Å². The number of fused-ring (bicyclic) bond motifs is 1. The number of ether oxygens (including phenoxy) is 2. The van der Waals surface area contributed by atoms with Gasteiger partial charge in [-0.2, -0.15) is 5.10 Å². The first-order chi connectivity index (χ1) is 16.2. The van der Waals surface area contributed by atoms with Crippen LogP contribution in [0.4, 0.5) is 5.69 Å². The van der Waals surface area contributed by atoms with Gasteiger partial charge in [0, 0.05) is 11.4 Å². The summed E-state index contributed by atoms with van der Waals surface area (Å²) in [5.74, 6) is 0.920. The van der Waals surface area contributed by atoms with Crippen LogP contribution in [-0.4, -0.2) is 76.2 Å². The van der Waals surface area contributed by atoms with Crippen LogP contribution >= 0.6 is 11.8 Å². The highest BCUT2D eigenvalue weighted by Gasteiger charge is 2.30. The van der Waals surface area contributed by atoms with Crippen molar-refractivity contribution in [2.75, 3.05) is 43.5 Å². The predicted molar refractivity (Wildman–Crippen MR) is 123 cm³/mol. The molecule has 5 rings (SSSR count). The molecule has 1 atom stereocenters. The Labute approximate surface area is 195 Å². The molecule has 2 aliphatic rings. The molecule has 2 aromatic carbocycles. The summed E-state index contributed by atoms with van der Waals surface area (Å²) < 4.78 is 13.4. The summed E-state index contributed by atoms with van der Waals surface area (Å²) in [4.78, 5) is 33.8. The third kappa shape index (κ3) is 4.86. The van der Waals surface area contributed by atoms with Crippen LogP contribution in [-0.2, 0) is 14.3 Å². The molecule has 2 aliphatic heterocycles. The van der Waals surface area contributed by atoms with Gasteiger partial charge in [0.05, 0.1) is 30.3 Å². The Balaban J connectivity index is 1.16. The van der Waals surface area contributed by atoms with E-state index in [9.17, 15) is 9.59 Å². The van der Waals surface area contributed by atoms with E-state index in [0.717, 1.165) is 16.3 Å². The number of rotatable bonds is 6. The molecule has 3 aromatic rings. The molecular weight excluding hydrogens is 442 g/mol. The Kier molecular flexibility index (Phi) is 6.27. The van der Waals surface area contributed by atoms with E-state index in [1.54, 1.807) is 20.8 Å². The molecule has 9 nitrogen and oxygen atoms in total. The predicted octanol–water partition coefficient (Wildman–Crippen LogP) is 2.01. The van der Waals surface area contributed by atoms with Crippen molar-refractivity contribution in [3.05, 3.63) is 61.2 Å². The van der Waals surface area contributed by atoms with Crippen molar-refractivity contribution in [1.29, 1.82) is 0 Å². The van der Waals surface area contributed by atoms with Gasteiger partial charge < -0.3 is 19.3 Å². The lowest BCUT2D eigenvalue weighted by Crippen LogP contribution is -2.51. The monoisotopic (exact) mass is 465 g/mol. The van der Waals surface area contributed by atoms with Crippen molar-refractivity contribution in [3.8, 4) is 11.4 Å². The van der Waals surface area contributed by atoms with E-state index in [2.05, 4.69) is 10.1 Å². The van der Waals surface area contributed by atoms with Gasteiger partial charge in [0.2, 0.25) is 11.8 Å². The molecule has 10 heteroatoms. The Morgan fingerprint density at radius 2 is 2.03 bits per heavy atom. The van der Waals surface area contributed by atoms with Crippen molar-refractivity contribution in [1.82, 2.24) is 19.7 Å². The average Bonchev–Trinajstić information content (AvgIpc) is 3.40. The molecule has 1 aromatic heterocycles. The number of benzene rings is 2. The first-order valence-electron chi connectivity index (χ1n) is 10.7. The molecule has 170 valence electrons. The largest absolute Gasteiger partial charge is 0.491 e. The fourth-order valence-corrected chi connectivity index (χ4v) is 4.77. The van der Waals surface area contributed by atoms with Crippen LogP contribution in [0.25, 0.3) is 5.69 Å². The summed E-state index contributed by atoms with van der Waals surface area (Å²) in [6, 6.07) is 15.2. The maximum Gasteiger partial charge on any atom is 0.242 e. The van der Waals surface area contributed by atoms with E-state index >= 15 is 0 Å². The number of nitrogens with zero attached hydrogens (tertiary/aromatic N) is 5. The lowest BCUT2D eigenvalue weighted by molar-refractivity contribution is -0.139. The average molecular weight is 466 g/mol. The van der Waals surface area contributed by atoms with Crippen molar-refractivity contribution in [3.63, 3.8) is 0 Å². The highest BCUT2D eigenvalue weighted by molar-refractivity contribution is 8.00. The van der Waals surface area contributed by atoms with E-state index in [4.69, 9.17) is 9.47 Å². The zero-order chi connectivity index (χ0) is 22.6. The van der Waals surface area contributed by atoms with Crippen LogP contribution in [0.1, 0.15) is 0 Å². The fraction of sp³-hybridized carbons (Fsp3) is 0.304. The van der Waals surface area contributed by atoms with Crippen molar-refractivity contribution < 1.29 is 19.1 Å². The second kappa shape index (κ2) is 9.63. The number of para-hydroxylation sites is 1. The summed E-state index contributed by atoms with van der Waals surface area (Å²) in [5.41, 5.74) is 1.69. The zero-order valence-corrected chi connectivity index (χ0v) is 18.7. The number of anilines is 1. The highest BCUT2D eigenvalue weighted by atomic mass is 32.2. The lowest BCUT2D eigenvalue weighted by atomic mass is 10.2. The van der Waals surface area contributed by atoms with Crippen molar-refractivity contribution >= 4 is 29.3 Å². The molecule has 0 radical (unpaired) electrons. The molecule has 1 fully saturated rings. The smallest absolute Gasteiger partial charge is 0.242 e. The minimum atomic E-state index is -0.238. The third-order valence-electron chi connectivity index (χ3n) is 5.55. The molecule has 0 spiro atoms. The zero-order valence-electron chi connectivity index (χ0n) is 17.9. The minimum Gasteiger partial charge on any atom is -0.491 e. The van der Waals surface area contributed by atoms with Crippen molar-refractivity contribution in [2.45, 2.75) is 11.0 Å². The van der Waals surface area contributed by atoms with Gasteiger partial charge in [-0.3, -0.25) is 9.59 Å². The summed E-state index contributed by atoms with van der Waals surface area (Å²) >= 11 is 1.51. The van der Waals surface area contributed by atoms with E-state index in [0.29, 0.717) is 37.8 Å². The number of hydrogen-bond donors (Lipinski definition) is 0. The second-order valence-electron chi connectivity index (χ2n) is 7.71. The standard InChI is InChI=1S/C23H23N5O4S/c29-22(12-27-20-3-1-2-4-21(20)33-14-23(27)30)26-9-10-31-19(11-26)13-32-18-7-5-17(6-8-18)28-16-24-15-25-28/h1-8,15-16,19H,9-14H2. The summed E-state index contributed by atoms with van der Waals surface area (Å²) in [5, 5.41) is 4.10. The minimum absolute atomic E-state index is 0.0354. The Bertz CT molecular complexity index is 1120. The SMILES string of the molecule is O=C(CN1C(=O)CSc2ccccc21)N1CCOC(COc2ccc(-n3cncn3)cc2)C1. The third-order valence-corrected chi connectivity index (χ3v) is 6.60. The number of hydrogen-bond acceptors (Lipinski definition) is 7. The molecule has 2 amide bonds. The fourth-order valence-electron chi connectivity index (χ4n) is 3.84. The van der Waals surface area contributed by atoms with Gasteiger partial charge in [0.15, 0.2) is 0 Å². The second-order valence-corrected chi connectivity index (χ2v) is 8.73. The Hall–Kier alpha value is -3.37. The summed E-state index contributed by atoms with van der Waals surface area (Å²) in [7, 11) is 0. The van der Waals surface area contributed by atoms with Gasteiger partial charge in [-0.05, 0) is 36.4 Å². The number of carbonyl (C=O) groups is 2. The number of carbonyl (C=O) groups excluding carboxylic acids is 2. The van der Waals surface area contributed by atoms with E-state index in [-0.39, 0.29) is 24.5 Å². The first kappa shape index (κ1) is 21.5. The van der Waals surface area contributed by atoms with Gasteiger partial charge in [-0.1, -0.05) is 12.1 Å². The maximum absolute atomic E-state index is 13.0. The first-order valence-corrected chi connectivity index (χ1v) is 11.7. The molecule has 0 N–H and O–H groups in total. The van der Waals surface area contributed by atoms with Crippen LogP contribution in [0, 0.1) is 0 Å². The number of thioether (sulfide) groups is 1. The molecule has 33 heavy (non-hydrogen) atoms. The lowest BCUT2D eigenvalue weighted by Gasteiger charge is -2.35.